The van der Waals surface area contributed by atoms with E-state index in [1.165, 1.54) is 0 Å². The van der Waals surface area contributed by atoms with Crippen LogP contribution in [0.2, 0.25) is 0 Å². The molecule has 0 aliphatic heterocycles. The van der Waals surface area contributed by atoms with Crippen LogP contribution in [0, 0.1) is 6.92 Å². The van der Waals surface area contributed by atoms with Gasteiger partial charge in [-0.25, -0.2) is 14.6 Å². The smallest absolute Gasteiger partial charge is 0.347 e. The Kier molecular flexibility index (Phi) is 4.73. The summed E-state index contributed by atoms with van der Waals surface area (Å²) in [4.78, 5) is 38.0. The highest BCUT2D eigenvalue weighted by molar-refractivity contribution is 7.13. The van der Waals surface area contributed by atoms with Crippen LogP contribution >= 0.6 is 11.3 Å². The van der Waals surface area contributed by atoms with Crippen LogP contribution < -0.4 is 16.0 Å². The van der Waals surface area contributed by atoms with Crippen LogP contribution in [0.25, 0.3) is 0 Å². The Hall–Kier alpha value is -2.16. The van der Waals surface area contributed by atoms with Gasteiger partial charge in [0.15, 0.2) is 0 Å². The van der Waals surface area contributed by atoms with Crippen molar-refractivity contribution in [3.8, 4) is 0 Å². The summed E-state index contributed by atoms with van der Waals surface area (Å²) in [7, 11) is 0. The van der Waals surface area contributed by atoms with Crippen molar-refractivity contribution in [2.45, 2.75) is 32.4 Å². The number of carboxylic acids is 1. The molecule has 0 aromatic carbocycles. The van der Waals surface area contributed by atoms with Gasteiger partial charge < -0.3 is 21.1 Å². The third-order valence-electron chi connectivity index (χ3n) is 2.79. The number of carbonyl (C=O) groups excluding carboxylic acids is 2. The summed E-state index contributed by atoms with van der Waals surface area (Å²) in [6.07, 6.45) is 1.99. The molecular weight excluding hydrogens is 296 g/mol. The highest BCUT2D eigenvalue weighted by atomic mass is 32.1. The molecule has 8 nitrogen and oxygen atoms in total. The van der Waals surface area contributed by atoms with Gasteiger partial charge in [0.05, 0.1) is 18.8 Å². The van der Waals surface area contributed by atoms with E-state index >= 15 is 0 Å². The first-order chi connectivity index (χ1) is 9.95. The first-order valence-electron chi connectivity index (χ1n) is 6.46. The molecule has 0 bridgehead atoms. The first kappa shape index (κ1) is 15.2. The second-order valence-corrected chi connectivity index (χ2v) is 5.79. The zero-order valence-corrected chi connectivity index (χ0v) is 12.2. The van der Waals surface area contributed by atoms with Gasteiger partial charge in [-0.2, -0.15) is 0 Å². The lowest BCUT2D eigenvalue weighted by atomic mass is 10.4. The predicted molar refractivity (Wildman–Crippen MR) is 75.2 cm³/mol. The number of hydrogen-bond donors (Lipinski definition) is 4. The number of aryl methyl sites for hydroxylation is 1. The van der Waals surface area contributed by atoms with Crippen molar-refractivity contribution in [1.29, 1.82) is 0 Å². The Morgan fingerprint density at radius 1 is 1.33 bits per heavy atom. The highest BCUT2D eigenvalue weighted by Gasteiger charge is 2.23. The number of hydrogen-bond acceptors (Lipinski definition) is 5. The molecular formula is C12H16N4O4S. The van der Waals surface area contributed by atoms with Crippen LogP contribution in [0.4, 0.5) is 4.79 Å². The molecule has 1 aromatic rings. The van der Waals surface area contributed by atoms with E-state index in [1.54, 1.807) is 6.92 Å². The van der Waals surface area contributed by atoms with Gasteiger partial charge >= 0.3 is 12.0 Å². The summed E-state index contributed by atoms with van der Waals surface area (Å²) >= 11 is 1.02. The minimum absolute atomic E-state index is 0.0837. The van der Waals surface area contributed by atoms with E-state index in [9.17, 15) is 14.4 Å². The molecule has 1 saturated carbocycles. The van der Waals surface area contributed by atoms with Gasteiger partial charge in [-0.05, 0) is 19.8 Å². The topological polar surface area (TPSA) is 120 Å². The van der Waals surface area contributed by atoms with Gasteiger partial charge in [0.2, 0.25) is 5.91 Å². The summed E-state index contributed by atoms with van der Waals surface area (Å²) < 4.78 is 0. The highest BCUT2D eigenvalue weighted by Crippen LogP contribution is 2.18. The molecule has 4 N–H and O–H groups in total. The maximum Gasteiger partial charge on any atom is 0.347 e. The van der Waals surface area contributed by atoms with Crippen molar-refractivity contribution in [2.75, 3.05) is 6.54 Å². The number of nitrogens with one attached hydrogen (secondary N) is 3. The van der Waals surface area contributed by atoms with Gasteiger partial charge in [-0.1, -0.05) is 0 Å². The number of rotatable bonds is 6. The molecule has 2 rings (SSSR count). The summed E-state index contributed by atoms with van der Waals surface area (Å²) in [5.41, 5.74) is 0.425. The number of carboxylic acid groups (broad SMARTS) is 1. The number of amides is 3. The van der Waals surface area contributed by atoms with Crippen LogP contribution in [0.1, 0.15) is 33.2 Å². The molecule has 0 atom stereocenters. The lowest BCUT2D eigenvalue weighted by Gasteiger charge is -2.06. The average molecular weight is 312 g/mol. The van der Waals surface area contributed by atoms with Crippen molar-refractivity contribution >= 4 is 29.2 Å². The second kappa shape index (κ2) is 6.53. The molecule has 0 unspecified atom stereocenters. The number of aromatic carboxylic acids is 1. The Bertz CT molecular complexity index is 568. The van der Waals surface area contributed by atoms with E-state index in [-0.39, 0.29) is 29.9 Å². The SMILES string of the molecule is Cc1nc(CNC(=O)NCC(=O)NC2CC2)sc1C(=O)O. The number of carbonyl (C=O) groups is 3. The Labute approximate surface area is 124 Å². The van der Waals surface area contributed by atoms with Crippen molar-refractivity contribution in [1.82, 2.24) is 20.9 Å². The molecule has 0 saturated heterocycles. The molecule has 1 aliphatic rings. The van der Waals surface area contributed by atoms with Gasteiger partial charge in [0, 0.05) is 6.04 Å². The molecule has 1 heterocycles. The van der Waals surface area contributed by atoms with Crippen molar-refractivity contribution in [3.63, 3.8) is 0 Å². The standard InChI is InChI=1S/C12H16N4O4S/c1-6-10(11(18)19)21-9(15-6)5-14-12(20)13-4-8(17)16-7-2-3-7/h7H,2-5H2,1H3,(H,16,17)(H,18,19)(H2,13,14,20). The Morgan fingerprint density at radius 3 is 2.62 bits per heavy atom. The molecule has 0 spiro atoms. The van der Waals surface area contributed by atoms with E-state index in [4.69, 9.17) is 5.11 Å². The minimum Gasteiger partial charge on any atom is -0.477 e. The minimum atomic E-state index is -1.03. The van der Waals surface area contributed by atoms with Crippen LogP contribution in [-0.2, 0) is 11.3 Å². The van der Waals surface area contributed by atoms with Crippen molar-refractivity contribution in [2.24, 2.45) is 0 Å². The lowest BCUT2D eigenvalue weighted by Crippen LogP contribution is -2.42. The number of thiazole rings is 1. The van der Waals surface area contributed by atoms with Crippen LogP contribution in [-0.4, -0.2) is 40.6 Å². The zero-order valence-electron chi connectivity index (χ0n) is 11.4. The van der Waals surface area contributed by atoms with Crippen molar-refractivity contribution < 1.29 is 19.5 Å². The number of urea groups is 1. The quantitative estimate of drug-likeness (QED) is 0.599. The maximum atomic E-state index is 11.5. The second-order valence-electron chi connectivity index (χ2n) is 4.71. The molecule has 9 heteroatoms. The Balaban J connectivity index is 1.71. The maximum absolute atomic E-state index is 11.5. The third-order valence-corrected chi connectivity index (χ3v) is 3.93. The van der Waals surface area contributed by atoms with E-state index in [1.807, 2.05) is 0 Å². The fourth-order valence-corrected chi connectivity index (χ4v) is 2.45. The molecule has 1 aliphatic carbocycles. The number of aromatic nitrogens is 1. The van der Waals surface area contributed by atoms with E-state index in [0.29, 0.717) is 10.7 Å². The molecule has 0 radical (unpaired) electrons. The third kappa shape index (κ3) is 4.71. The molecule has 21 heavy (non-hydrogen) atoms. The van der Waals surface area contributed by atoms with Crippen LogP contribution in [0.15, 0.2) is 0 Å². The fourth-order valence-electron chi connectivity index (χ4n) is 1.61. The zero-order chi connectivity index (χ0) is 15.4. The summed E-state index contributed by atoms with van der Waals surface area (Å²) in [5, 5.41) is 17.1. The summed E-state index contributed by atoms with van der Waals surface area (Å²) in [6.45, 7) is 1.64. The molecule has 1 aromatic heterocycles. The first-order valence-corrected chi connectivity index (χ1v) is 7.28. The molecule has 114 valence electrons. The average Bonchev–Trinajstić information content (AvgIpc) is 3.14. The normalized spacial score (nSPS) is 13.6. The largest absolute Gasteiger partial charge is 0.477 e. The molecule has 1 fully saturated rings. The predicted octanol–water partition coefficient (Wildman–Crippen LogP) is 0.228. The van der Waals surface area contributed by atoms with Gasteiger partial charge in [0.25, 0.3) is 0 Å². The molecule has 3 amide bonds. The number of nitrogens with zero attached hydrogens (tertiary/aromatic N) is 1. The van der Waals surface area contributed by atoms with E-state index < -0.39 is 12.0 Å². The van der Waals surface area contributed by atoms with Gasteiger partial charge in [-0.15, -0.1) is 11.3 Å². The lowest BCUT2D eigenvalue weighted by molar-refractivity contribution is -0.120. The van der Waals surface area contributed by atoms with Crippen LogP contribution in [0.5, 0.6) is 0 Å². The van der Waals surface area contributed by atoms with Gasteiger partial charge in [-0.3, -0.25) is 4.79 Å². The van der Waals surface area contributed by atoms with Crippen molar-refractivity contribution in [3.05, 3.63) is 15.6 Å². The summed E-state index contributed by atoms with van der Waals surface area (Å²) in [5.74, 6) is -1.25. The van der Waals surface area contributed by atoms with Crippen LogP contribution in [0.3, 0.4) is 0 Å². The van der Waals surface area contributed by atoms with Gasteiger partial charge in [0.1, 0.15) is 9.88 Å². The van der Waals surface area contributed by atoms with E-state index in [2.05, 4.69) is 20.9 Å². The fraction of sp³-hybridized carbons (Fsp3) is 0.500. The summed E-state index contributed by atoms with van der Waals surface area (Å²) in [6, 6.07) is -0.235. The van der Waals surface area contributed by atoms with E-state index in [0.717, 1.165) is 24.2 Å². The monoisotopic (exact) mass is 312 g/mol. The Morgan fingerprint density at radius 2 is 2.05 bits per heavy atom.